The summed E-state index contributed by atoms with van der Waals surface area (Å²) in [6.07, 6.45) is 7.48. The monoisotopic (exact) mass is 265 g/mol. The maximum Gasteiger partial charge on any atom is 0.335 e. The molecule has 1 fully saturated rings. The molecule has 104 valence electrons. The van der Waals surface area contributed by atoms with Crippen LogP contribution >= 0.6 is 0 Å². The van der Waals surface area contributed by atoms with E-state index in [-0.39, 0.29) is 11.3 Å². The van der Waals surface area contributed by atoms with Crippen LogP contribution in [0.3, 0.4) is 0 Å². The number of halogens is 1. The van der Waals surface area contributed by atoms with Crippen molar-refractivity contribution in [3.63, 3.8) is 0 Å². The molecule has 1 aliphatic rings. The third-order valence-electron chi connectivity index (χ3n) is 3.81. The van der Waals surface area contributed by atoms with Crippen molar-refractivity contribution >= 4 is 11.7 Å². The molecule has 0 saturated heterocycles. The van der Waals surface area contributed by atoms with Crippen LogP contribution in [0.25, 0.3) is 0 Å². The molecule has 1 saturated carbocycles. The minimum atomic E-state index is -1.03. The summed E-state index contributed by atoms with van der Waals surface area (Å²) in [4.78, 5) is 10.8. The Bertz CT molecular complexity index is 442. The zero-order valence-electron chi connectivity index (χ0n) is 11.0. The van der Waals surface area contributed by atoms with E-state index in [1.54, 1.807) is 0 Å². The highest BCUT2D eigenvalue weighted by molar-refractivity contribution is 5.88. The third kappa shape index (κ3) is 3.94. The highest BCUT2D eigenvalue weighted by Crippen LogP contribution is 2.26. The highest BCUT2D eigenvalue weighted by atomic mass is 19.1. The maximum absolute atomic E-state index is 13.5. The average Bonchev–Trinajstić information content (AvgIpc) is 2.42. The van der Waals surface area contributed by atoms with Gasteiger partial charge < -0.3 is 10.4 Å². The van der Waals surface area contributed by atoms with Gasteiger partial charge in [-0.2, -0.15) is 0 Å². The number of benzene rings is 1. The van der Waals surface area contributed by atoms with Crippen LogP contribution < -0.4 is 5.32 Å². The molecule has 0 aromatic heterocycles. The van der Waals surface area contributed by atoms with Gasteiger partial charge in [-0.3, -0.25) is 0 Å². The van der Waals surface area contributed by atoms with Crippen LogP contribution in [-0.4, -0.2) is 17.6 Å². The largest absolute Gasteiger partial charge is 0.478 e. The molecule has 1 aliphatic carbocycles. The lowest BCUT2D eigenvalue weighted by molar-refractivity contribution is 0.0697. The highest BCUT2D eigenvalue weighted by Gasteiger charge is 2.13. The van der Waals surface area contributed by atoms with Crippen LogP contribution in [0.1, 0.15) is 48.9 Å². The number of carboxylic acids is 1. The van der Waals surface area contributed by atoms with Crippen LogP contribution in [0.15, 0.2) is 18.2 Å². The van der Waals surface area contributed by atoms with Crippen LogP contribution in [0.5, 0.6) is 0 Å². The standard InChI is InChI=1S/C15H20FNO2/c16-13-7-6-12(15(18)19)10-14(13)17-9-8-11-4-2-1-3-5-11/h6-7,10-11,17H,1-5,8-9H2,(H,18,19). The molecule has 1 aromatic rings. The molecule has 0 atom stereocenters. The van der Waals surface area contributed by atoms with Gasteiger partial charge in [0.25, 0.3) is 0 Å². The summed E-state index contributed by atoms with van der Waals surface area (Å²) in [6.45, 7) is 0.699. The fourth-order valence-electron chi connectivity index (χ4n) is 2.68. The second-order valence-electron chi connectivity index (χ2n) is 5.22. The predicted octanol–water partition coefficient (Wildman–Crippen LogP) is 3.91. The van der Waals surface area contributed by atoms with Gasteiger partial charge in [-0.1, -0.05) is 32.1 Å². The summed E-state index contributed by atoms with van der Waals surface area (Å²) in [5.41, 5.74) is 0.400. The number of rotatable bonds is 5. The lowest BCUT2D eigenvalue weighted by Gasteiger charge is -2.21. The Morgan fingerprint density at radius 3 is 2.74 bits per heavy atom. The molecule has 2 N–H and O–H groups in total. The molecule has 0 heterocycles. The number of hydrogen-bond donors (Lipinski definition) is 2. The topological polar surface area (TPSA) is 49.3 Å². The Kier molecular flexibility index (Phi) is 4.77. The first kappa shape index (κ1) is 13.8. The molecule has 4 heteroatoms. The molecule has 0 amide bonds. The molecule has 0 spiro atoms. The van der Waals surface area contributed by atoms with Crippen LogP contribution in [0, 0.1) is 11.7 Å². The van der Waals surface area contributed by atoms with Gasteiger partial charge in [-0.15, -0.1) is 0 Å². The molecule has 0 bridgehead atoms. The fraction of sp³-hybridized carbons (Fsp3) is 0.533. The molecular weight excluding hydrogens is 245 g/mol. The van der Waals surface area contributed by atoms with Crippen molar-refractivity contribution in [1.82, 2.24) is 0 Å². The van der Waals surface area contributed by atoms with Gasteiger partial charge in [0.15, 0.2) is 0 Å². The van der Waals surface area contributed by atoms with E-state index in [1.165, 1.54) is 50.3 Å². The number of carboxylic acid groups (broad SMARTS) is 1. The number of hydrogen-bond acceptors (Lipinski definition) is 2. The van der Waals surface area contributed by atoms with Gasteiger partial charge in [-0.25, -0.2) is 9.18 Å². The van der Waals surface area contributed by atoms with Gasteiger partial charge in [-0.05, 0) is 30.5 Å². The Morgan fingerprint density at radius 2 is 2.05 bits per heavy atom. The van der Waals surface area contributed by atoms with Gasteiger partial charge in [0, 0.05) is 6.54 Å². The molecule has 3 nitrogen and oxygen atoms in total. The zero-order valence-corrected chi connectivity index (χ0v) is 11.0. The van der Waals surface area contributed by atoms with Crippen LogP contribution in [0.4, 0.5) is 10.1 Å². The van der Waals surface area contributed by atoms with Crippen molar-refractivity contribution in [3.8, 4) is 0 Å². The van der Waals surface area contributed by atoms with E-state index in [0.29, 0.717) is 6.54 Å². The van der Waals surface area contributed by atoms with E-state index in [1.807, 2.05) is 0 Å². The van der Waals surface area contributed by atoms with E-state index >= 15 is 0 Å². The normalized spacial score (nSPS) is 16.3. The fourth-order valence-corrected chi connectivity index (χ4v) is 2.68. The number of anilines is 1. The molecule has 0 unspecified atom stereocenters. The van der Waals surface area contributed by atoms with Crippen molar-refractivity contribution in [3.05, 3.63) is 29.6 Å². The number of carbonyl (C=O) groups is 1. The lowest BCUT2D eigenvalue weighted by Crippen LogP contribution is -2.13. The third-order valence-corrected chi connectivity index (χ3v) is 3.81. The summed E-state index contributed by atoms with van der Waals surface area (Å²) in [6, 6.07) is 3.84. The van der Waals surface area contributed by atoms with Crippen molar-refractivity contribution in [2.24, 2.45) is 5.92 Å². The Hall–Kier alpha value is -1.58. The molecular formula is C15H20FNO2. The summed E-state index contributed by atoms with van der Waals surface area (Å²) in [5.74, 6) is -0.698. The summed E-state index contributed by atoms with van der Waals surface area (Å²) < 4.78 is 13.5. The minimum absolute atomic E-state index is 0.113. The summed E-state index contributed by atoms with van der Waals surface area (Å²) in [5, 5.41) is 11.9. The van der Waals surface area contributed by atoms with Gasteiger partial charge in [0.05, 0.1) is 11.3 Å². The maximum atomic E-state index is 13.5. The number of nitrogens with one attached hydrogen (secondary N) is 1. The quantitative estimate of drug-likeness (QED) is 0.848. The van der Waals surface area contributed by atoms with Crippen molar-refractivity contribution in [2.75, 3.05) is 11.9 Å². The molecule has 2 rings (SSSR count). The van der Waals surface area contributed by atoms with Gasteiger partial charge >= 0.3 is 5.97 Å². The average molecular weight is 265 g/mol. The van der Waals surface area contributed by atoms with Gasteiger partial charge in [0.2, 0.25) is 0 Å². The zero-order chi connectivity index (χ0) is 13.7. The second-order valence-corrected chi connectivity index (χ2v) is 5.22. The summed E-state index contributed by atoms with van der Waals surface area (Å²) >= 11 is 0. The second kappa shape index (κ2) is 6.55. The summed E-state index contributed by atoms with van der Waals surface area (Å²) in [7, 11) is 0. The first-order valence-electron chi connectivity index (χ1n) is 6.93. The SMILES string of the molecule is O=C(O)c1ccc(F)c(NCCC2CCCCC2)c1. The van der Waals surface area contributed by atoms with E-state index in [9.17, 15) is 9.18 Å². The van der Waals surface area contributed by atoms with E-state index < -0.39 is 11.8 Å². The van der Waals surface area contributed by atoms with Crippen LogP contribution in [-0.2, 0) is 0 Å². The molecule has 1 aromatic carbocycles. The molecule has 0 aliphatic heterocycles. The van der Waals surface area contributed by atoms with Crippen molar-refractivity contribution in [1.29, 1.82) is 0 Å². The lowest BCUT2D eigenvalue weighted by atomic mass is 9.87. The predicted molar refractivity (Wildman–Crippen MR) is 73.0 cm³/mol. The minimum Gasteiger partial charge on any atom is -0.478 e. The Labute approximate surface area is 112 Å². The van der Waals surface area contributed by atoms with Crippen molar-refractivity contribution in [2.45, 2.75) is 38.5 Å². The first-order valence-corrected chi connectivity index (χ1v) is 6.93. The first-order chi connectivity index (χ1) is 9.16. The Morgan fingerprint density at radius 1 is 1.32 bits per heavy atom. The van der Waals surface area contributed by atoms with Crippen molar-refractivity contribution < 1.29 is 14.3 Å². The Balaban J connectivity index is 1.87. The van der Waals surface area contributed by atoms with E-state index in [2.05, 4.69) is 5.32 Å². The van der Waals surface area contributed by atoms with Gasteiger partial charge in [0.1, 0.15) is 5.82 Å². The number of aromatic carboxylic acids is 1. The molecule has 19 heavy (non-hydrogen) atoms. The van der Waals surface area contributed by atoms with E-state index in [4.69, 9.17) is 5.11 Å². The van der Waals surface area contributed by atoms with Crippen LogP contribution in [0.2, 0.25) is 0 Å². The molecule has 0 radical (unpaired) electrons. The van der Waals surface area contributed by atoms with E-state index in [0.717, 1.165) is 12.3 Å². The smallest absolute Gasteiger partial charge is 0.335 e.